The fourth-order valence-corrected chi connectivity index (χ4v) is 7.61. The van der Waals surface area contributed by atoms with Gasteiger partial charge in [-0.1, -0.05) is 126 Å². The summed E-state index contributed by atoms with van der Waals surface area (Å²) >= 11 is 0. The fraction of sp³-hybridized carbons (Fsp3) is 0.0667. The molecule has 0 saturated heterocycles. The van der Waals surface area contributed by atoms with Gasteiger partial charge in [0.1, 0.15) is 0 Å². The third kappa shape index (κ3) is 4.58. The molecule has 7 aromatic carbocycles. The van der Waals surface area contributed by atoms with Crippen molar-refractivity contribution in [2.45, 2.75) is 20.8 Å². The van der Waals surface area contributed by atoms with E-state index >= 15 is 0 Å². The largest absolute Gasteiger partial charge is 0.311 e. The van der Waals surface area contributed by atoms with Crippen molar-refractivity contribution in [1.29, 1.82) is 0 Å². The number of fused-ring (bicyclic) bond motifs is 4. The molecule has 3 heteroatoms. The molecule has 2 aliphatic heterocycles. The second kappa shape index (κ2) is 11.2. The van der Waals surface area contributed by atoms with Crippen LogP contribution in [0.2, 0.25) is 0 Å². The van der Waals surface area contributed by atoms with Crippen LogP contribution < -0.4 is 26.2 Å². The van der Waals surface area contributed by atoms with Crippen molar-refractivity contribution in [3.05, 3.63) is 174 Å². The molecule has 228 valence electrons. The van der Waals surface area contributed by atoms with Crippen LogP contribution in [-0.4, -0.2) is 6.71 Å². The van der Waals surface area contributed by atoms with Gasteiger partial charge in [0.25, 0.3) is 6.71 Å². The van der Waals surface area contributed by atoms with Gasteiger partial charge in [-0.3, -0.25) is 0 Å². The molecule has 0 aromatic heterocycles. The first-order valence-electron chi connectivity index (χ1n) is 16.8. The number of benzene rings is 7. The van der Waals surface area contributed by atoms with Gasteiger partial charge < -0.3 is 9.80 Å². The molecule has 0 N–H and O–H groups in total. The van der Waals surface area contributed by atoms with Crippen molar-refractivity contribution in [3.8, 4) is 22.3 Å². The fourth-order valence-electron chi connectivity index (χ4n) is 7.61. The van der Waals surface area contributed by atoms with E-state index in [1.54, 1.807) is 0 Å². The van der Waals surface area contributed by atoms with E-state index in [0.29, 0.717) is 0 Å². The summed E-state index contributed by atoms with van der Waals surface area (Å²) in [6.07, 6.45) is 0. The maximum Gasteiger partial charge on any atom is 0.252 e. The van der Waals surface area contributed by atoms with Crippen LogP contribution in [0.4, 0.5) is 34.1 Å². The number of hydrogen-bond acceptors (Lipinski definition) is 2. The summed E-state index contributed by atoms with van der Waals surface area (Å²) in [4.78, 5) is 4.94. The minimum atomic E-state index is 0.110. The van der Waals surface area contributed by atoms with Crippen LogP contribution in [-0.2, 0) is 0 Å². The Morgan fingerprint density at radius 3 is 1.38 bits per heavy atom. The van der Waals surface area contributed by atoms with Crippen molar-refractivity contribution in [1.82, 2.24) is 0 Å². The summed E-state index contributed by atoms with van der Waals surface area (Å²) in [5, 5.41) is 0. The zero-order valence-electron chi connectivity index (χ0n) is 27.5. The van der Waals surface area contributed by atoms with Crippen LogP contribution in [0, 0.1) is 20.8 Å². The molecule has 0 radical (unpaired) electrons. The minimum Gasteiger partial charge on any atom is -0.311 e. The van der Waals surface area contributed by atoms with Gasteiger partial charge in [-0.25, -0.2) is 0 Å². The third-order valence-corrected chi connectivity index (χ3v) is 10.1. The number of anilines is 6. The van der Waals surface area contributed by atoms with Gasteiger partial charge in [-0.15, -0.1) is 0 Å². The van der Waals surface area contributed by atoms with Gasteiger partial charge in [0, 0.05) is 34.1 Å². The van der Waals surface area contributed by atoms with Crippen molar-refractivity contribution >= 4 is 57.2 Å². The number of rotatable bonds is 4. The number of para-hydroxylation sites is 1. The van der Waals surface area contributed by atoms with Crippen LogP contribution in [0.5, 0.6) is 0 Å². The second-order valence-corrected chi connectivity index (χ2v) is 13.3. The molecule has 0 amide bonds. The van der Waals surface area contributed by atoms with E-state index in [0.717, 1.165) is 5.69 Å². The lowest BCUT2D eigenvalue weighted by Gasteiger charge is -2.44. The van der Waals surface area contributed by atoms with Crippen LogP contribution in [0.1, 0.15) is 16.7 Å². The second-order valence-electron chi connectivity index (χ2n) is 13.3. The van der Waals surface area contributed by atoms with Crippen LogP contribution in [0.25, 0.3) is 22.3 Å². The first-order chi connectivity index (χ1) is 23.5. The van der Waals surface area contributed by atoms with E-state index in [1.165, 1.54) is 83.8 Å². The molecule has 2 aliphatic rings. The molecule has 7 aromatic rings. The molecule has 0 unspecified atom stereocenters. The Bertz CT molecular complexity index is 2300. The quantitative estimate of drug-likeness (QED) is 0.182. The summed E-state index contributed by atoms with van der Waals surface area (Å²) in [5.74, 6) is 0. The zero-order valence-corrected chi connectivity index (χ0v) is 27.5. The van der Waals surface area contributed by atoms with Crippen LogP contribution in [0.3, 0.4) is 0 Å². The summed E-state index contributed by atoms with van der Waals surface area (Å²) < 4.78 is 0. The van der Waals surface area contributed by atoms with E-state index in [2.05, 4.69) is 188 Å². The molecule has 2 nitrogen and oxygen atoms in total. The predicted molar refractivity (Wildman–Crippen MR) is 206 cm³/mol. The summed E-state index contributed by atoms with van der Waals surface area (Å²) in [7, 11) is 0. The molecule has 0 spiro atoms. The topological polar surface area (TPSA) is 6.48 Å². The van der Waals surface area contributed by atoms with E-state index in [1.807, 2.05) is 0 Å². The van der Waals surface area contributed by atoms with Crippen molar-refractivity contribution in [2.24, 2.45) is 0 Å². The van der Waals surface area contributed by atoms with Crippen LogP contribution in [0.15, 0.2) is 158 Å². The molecular weight excluding hydrogens is 579 g/mol. The Labute approximate surface area is 283 Å². The molecule has 0 atom stereocenters. The highest BCUT2D eigenvalue weighted by molar-refractivity contribution is 7.00. The Morgan fingerprint density at radius 1 is 0.354 bits per heavy atom. The molecule has 48 heavy (non-hydrogen) atoms. The van der Waals surface area contributed by atoms with Crippen molar-refractivity contribution in [2.75, 3.05) is 9.80 Å². The van der Waals surface area contributed by atoms with Crippen molar-refractivity contribution < 1.29 is 0 Å². The Kier molecular flexibility index (Phi) is 6.62. The van der Waals surface area contributed by atoms with Gasteiger partial charge in [0.05, 0.1) is 0 Å². The Hall–Kier alpha value is -5.80. The third-order valence-electron chi connectivity index (χ3n) is 10.1. The standard InChI is InChI=1S/C45H35BN2/c1-30-11-17-33(18-12-30)34-21-26-38(27-22-34)48-43-10-6-9-42-45(43)46(40-28-23-36(29-44(40)48)35-19-13-31(2)14-20-35)39-7-4-5-8-41(39)47(42)37-24-15-32(3)16-25-37/h4-29H,1-3H3. The monoisotopic (exact) mass is 614 g/mol. The average molecular weight is 615 g/mol. The molecule has 0 bridgehead atoms. The molecule has 0 aliphatic carbocycles. The average Bonchev–Trinajstić information content (AvgIpc) is 3.13. The highest BCUT2D eigenvalue weighted by Crippen LogP contribution is 2.44. The Balaban J connectivity index is 1.28. The number of nitrogens with zero attached hydrogens (tertiary/aromatic N) is 2. The molecule has 0 saturated carbocycles. The molecule has 2 heterocycles. The van der Waals surface area contributed by atoms with Gasteiger partial charge in [-0.05, 0) is 108 Å². The lowest BCUT2D eigenvalue weighted by Crippen LogP contribution is -2.61. The van der Waals surface area contributed by atoms with E-state index in [-0.39, 0.29) is 6.71 Å². The molecular formula is C45H35BN2. The van der Waals surface area contributed by atoms with Gasteiger partial charge in [0.2, 0.25) is 0 Å². The number of aryl methyl sites for hydroxylation is 3. The van der Waals surface area contributed by atoms with Gasteiger partial charge in [0.15, 0.2) is 0 Å². The summed E-state index contributed by atoms with van der Waals surface area (Å²) in [5.41, 5.74) is 19.9. The smallest absolute Gasteiger partial charge is 0.252 e. The lowest BCUT2D eigenvalue weighted by molar-refractivity contribution is 1.25. The van der Waals surface area contributed by atoms with E-state index < -0.39 is 0 Å². The van der Waals surface area contributed by atoms with E-state index in [9.17, 15) is 0 Å². The van der Waals surface area contributed by atoms with Gasteiger partial charge in [-0.2, -0.15) is 0 Å². The molecule has 9 rings (SSSR count). The van der Waals surface area contributed by atoms with Crippen LogP contribution >= 0.6 is 0 Å². The van der Waals surface area contributed by atoms with Crippen molar-refractivity contribution in [3.63, 3.8) is 0 Å². The SMILES string of the molecule is Cc1ccc(-c2ccc(N3c4cc(-c5ccc(C)cc5)ccc4B4c5ccccc5N(c5ccc(C)cc5)c5cccc3c54)cc2)cc1. The predicted octanol–water partition coefficient (Wildman–Crippen LogP) is 10.0. The highest BCUT2D eigenvalue weighted by atomic mass is 15.2. The lowest BCUT2D eigenvalue weighted by atomic mass is 9.33. The normalized spacial score (nSPS) is 12.8. The highest BCUT2D eigenvalue weighted by Gasteiger charge is 2.43. The summed E-state index contributed by atoms with van der Waals surface area (Å²) in [6.45, 7) is 6.54. The molecule has 0 fully saturated rings. The maximum atomic E-state index is 2.49. The zero-order chi connectivity index (χ0) is 32.4. The minimum absolute atomic E-state index is 0.110. The Morgan fingerprint density at radius 2 is 0.771 bits per heavy atom. The first kappa shape index (κ1) is 28.4. The first-order valence-corrected chi connectivity index (χ1v) is 16.8. The number of hydrogen-bond donors (Lipinski definition) is 0. The van der Waals surface area contributed by atoms with Gasteiger partial charge >= 0.3 is 0 Å². The van der Waals surface area contributed by atoms with E-state index in [4.69, 9.17) is 0 Å². The maximum absolute atomic E-state index is 2.49. The summed E-state index contributed by atoms with van der Waals surface area (Å²) in [6, 6.07) is 58.6.